The van der Waals surface area contributed by atoms with Crippen LogP contribution in [0.4, 0.5) is 8.78 Å². The Bertz CT molecular complexity index is 649. The quantitative estimate of drug-likeness (QED) is 0.705. The molecule has 27 heavy (non-hydrogen) atoms. The number of rotatable bonds is 8. The number of ether oxygens (including phenoxy) is 2. The average molecular weight is 385 g/mol. The number of alkyl halides is 2. The molecular weight excluding hydrogens is 360 g/mol. The molecule has 0 saturated carbocycles. The maximum absolute atomic E-state index is 12.4. The third kappa shape index (κ3) is 6.35. The number of nitrogens with zero attached hydrogens (tertiary/aromatic N) is 1. The van der Waals surface area contributed by atoms with Crippen molar-refractivity contribution < 1.29 is 27.8 Å². The highest BCUT2D eigenvalue weighted by Gasteiger charge is 2.22. The van der Waals surface area contributed by atoms with Gasteiger partial charge in [0.1, 0.15) is 0 Å². The van der Waals surface area contributed by atoms with Crippen LogP contribution in [0, 0.1) is 0 Å². The van der Waals surface area contributed by atoms with Crippen molar-refractivity contribution in [1.29, 1.82) is 0 Å². The van der Waals surface area contributed by atoms with Gasteiger partial charge >= 0.3 is 0 Å². The van der Waals surface area contributed by atoms with E-state index in [4.69, 9.17) is 9.47 Å². The van der Waals surface area contributed by atoms with Gasteiger partial charge in [0.05, 0.1) is 27.3 Å². The third-order valence-electron chi connectivity index (χ3n) is 4.40. The van der Waals surface area contributed by atoms with Gasteiger partial charge in [0.15, 0.2) is 11.5 Å². The summed E-state index contributed by atoms with van der Waals surface area (Å²) in [5.41, 5.74) is 0.348. The number of piperidine rings is 1. The Labute approximate surface area is 157 Å². The minimum absolute atomic E-state index is 0.0654. The maximum atomic E-state index is 12.4. The van der Waals surface area contributed by atoms with Crippen molar-refractivity contribution >= 4 is 11.8 Å². The first kappa shape index (κ1) is 20.9. The lowest BCUT2D eigenvalue weighted by Gasteiger charge is -2.32. The van der Waals surface area contributed by atoms with E-state index < -0.39 is 12.3 Å². The van der Waals surface area contributed by atoms with E-state index in [1.165, 1.54) is 20.3 Å². The van der Waals surface area contributed by atoms with Gasteiger partial charge in [-0.2, -0.15) is 0 Å². The molecule has 2 rings (SSSR count). The molecular formula is C18H25F2N3O4. The van der Waals surface area contributed by atoms with Gasteiger partial charge in [0.25, 0.3) is 12.3 Å². The number of likely N-dealkylation sites (tertiary alicyclic amines) is 1. The van der Waals surface area contributed by atoms with E-state index in [9.17, 15) is 18.4 Å². The van der Waals surface area contributed by atoms with E-state index in [1.807, 2.05) is 0 Å². The lowest BCUT2D eigenvalue weighted by atomic mass is 10.1. The minimum atomic E-state index is -2.34. The van der Waals surface area contributed by atoms with Crippen LogP contribution in [-0.4, -0.2) is 69.6 Å². The fourth-order valence-electron chi connectivity index (χ4n) is 2.97. The molecule has 0 atom stereocenters. The summed E-state index contributed by atoms with van der Waals surface area (Å²) < 4.78 is 35.0. The molecule has 1 aliphatic heterocycles. The molecule has 2 amide bonds. The molecule has 7 nitrogen and oxygen atoms in total. The van der Waals surface area contributed by atoms with Crippen LogP contribution >= 0.6 is 0 Å². The topological polar surface area (TPSA) is 79.9 Å². The minimum Gasteiger partial charge on any atom is -0.493 e. The SMILES string of the molecule is COc1ccc(C(=O)NCC(=O)NC2CCN(CC(F)F)CC2)cc1OC. The van der Waals surface area contributed by atoms with Gasteiger partial charge in [-0.25, -0.2) is 8.78 Å². The molecule has 0 spiro atoms. The number of methoxy groups -OCH3 is 2. The van der Waals surface area contributed by atoms with Gasteiger partial charge in [-0.3, -0.25) is 14.5 Å². The van der Waals surface area contributed by atoms with Crippen LogP contribution in [0.15, 0.2) is 18.2 Å². The molecule has 9 heteroatoms. The maximum Gasteiger partial charge on any atom is 0.251 e. The Morgan fingerprint density at radius 1 is 1.19 bits per heavy atom. The smallest absolute Gasteiger partial charge is 0.251 e. The highest BCUT2D eigenvalue weighted by atomic mass is 19.3. The van der Waals surface area contributed by atoms with E-state index >= 15 is 0 Å². The highest BCUT2D eigenvalue weighted by Crippen LogP contribution is 2.27. The number of carbonyl (C=O) groups excluding carboxylic acids is 2. The van der Waals surface area contributed by atoms with Crippen molar-refractivity contribution in [3.05, 3.63) is 23.8 Å². The van der Waals surface area contributed by atoms with Crippen LogP contribution < -0.4 is 20.1 Å². The zero-order chi connectivity index (χ0) is 19.8. The van der Waals surface area contributed by atoms with Crippen LogP contribution in [0.25, 0.3) is 0 Å². The second-order valence-corrected chi connectivity index (χ2v) is 6.29. The normalized spacial score (nSPS) is 15.4. The summed E-state index contributed by atoms with van der Waals surface area (Å²) in [6.45, 7) is 0.646. The lowest BCUT2D eigenvalue weighted by Crippen LogP contribution is -2.48. The zero-order valence-corrected chi connectivity index (χ0v) is 15.5. The Balaban J connectivity index is 1.76. The standard InChI is InChI=1S/C18H25F2N3O4/c1-26-14-4-3-12(9-15(14)27-2)18(25)21-10-17(24)22-13-5-7-23(8-6-13)11-16(19)20/h3-4,9,13,16H,5-8,10-11H2,1-2H3,(H,21,25)(H,22,24). The van der Waals surface area contributed by atoms with Crippen molar-refractivity contribution in [2.45, 2.75) is 25.3 Å². The van der Waals surface area contributed by atoms with Gasteiger partial charge in [0.2, 0.25) is 5.91 Å². The molecule has 1 heterocycles. The van der Waals surface area contributed by atoms with Gasteiger partial charge in [-0.05, 0) is 31.0 Å². The fourth-order valence-corrected chi connectivity index (χ4v) is 2.97. The predicted molar refractivity (Wildman–Crippen MR) is 95.5 cm³/mol. The van der Waals surface area contributed by atoms with E-state index in [1.54, 1.807) is 17.0 Å². The molecule has 1 fully saturated rings. The Kier molecular flexibility index (Phi) is 7.78. The van der Waals surface area contributed by atoms with E-state index in [0.717, 1.165) is 0 Å². The fraction of sp³-hybridized carbons (Fsp3) is 0.556. The van der Waals surface area contributed by atoms with Crippen LogP contribution in [0.1, 0.15) is 23.2 Å². The molecule has 150 valence electrons. The number of hydrogen-bond donors (Lipinski definition) is 2. The van der Waals surface area contributed by atoms with Crippen molar-refractivity contribution in [2.24, 2.45) is 0 Å². The molecule has 0 aromatic heterocycles. The number of nitrogens with one attached hydrogen (secondary N) is 2. The molecule has 1 aliphatic rings. The summed E-state index contributed by atoms with van der Waals surface area (Å²) in [5.74, 6) is 0.212. The van der Waals surface area contributed by atoms with Crippen molar-refractivity contribution in [3.8, 4) is 11.5 Å². The second kappa shape index (κ2) is 10.1. The summed E-state index contributed by atoms with van der Waals surface area (Å²) in [4.78, 5) is 25.9. The number of halogens is 2. The summed E-state index contributed by atoms with van der Waals surface area (Å²) >= 11 is 0. The number of carbonyl (C=O) groups is 2. The first-order valence-electron chi connectivity index (χ1n) is 8.73. The second-order valence-electron chi connectivity index (χ2n) is 6.29. The zero-order valence-electron chi connectivity index (χ0n) is 15.5. The van der Waals surface area contributed by atoms with Crippen molar-refractivity contribution in [1.82, 2.24) is 15.5 Å². The molecule has 1 aromatic carbocycles. The highest BCUT2D eigenvalue weighted by molar-refractivity contribution is 5.97. The van der Waals surface area contributed by atoms with Crippen molar-refractivity contribution in [2.75, 3.05) is 40.4 Å². The first-order valence-corrected chi connectivity index (χ1v) is 8.73. The van der Waals surface area contributed by atoms with Gasteiger partial charge in [0, 0.05) is 24.7 Å². The summed E-state index contributed by atoms with van der Waals surface area (Å²) in [7, 11) is 2.97. The number of benzene rings is 1. The third-order valence-corrected chi connectivity index (χ3v) is 4.40. The van der Waals surface area contributed by atoms with Crippen LogP contribution in [0.3, 0.4) is 0 Å². The van der Waals surface area contributed by atoms with Gasteiger partial charge in [-0.1, -0.05) is 0 Å². The number of hydrogen-bond acceptors (Lipinski definition) is 5. The molecule has 1 saturated heterocycles. The Hall–Kier alpha value is -2.42. The molecule has 0 unspecified atom stereocenters. The van der Waals surface area contributed by atoms with Crippen LogP contribution in [-0.2, 0) is 4.79 Å². The number of amides is 2. The summed E-state index contributed by atoms with van der Waals surface area (Å²) in [6.07, 6.45) is -1.12. The molecule has 2 N–H and O–H groups in total. The average Bonchev–Trinajstić information content (AvgIpc) is 2.66. The summed E-state index contributed by atoms with van der Waals surface area (Å²) in [5, 5.41) is 5.38. The lowest BCUT2D eigenvalue weighted by molar-refractivity contribution is -0.121. The van der Waals surface area contributed by atoms with E-state index in [2.05, 4.69) is 10.6 Å². The Morgan fingerprint density at radius 3 is 2.44 bits per heavy atom. The Morgan fingerprint density at radius 2 is 1.85 bits per heavy atom. The first-order chi connectivity index (χ1) is 12.9. The van der Waals surface area contributed by atoms with Crippen LogP contribution in [0.2, 0.25) is 0 Å². The van der Waals surface area contributed by atoms with Gasteiger partial charge in [-0.15, -0.1) is 0 Å². The molecule has 0 aliphatic carbocycles. The molecule has 1 aromatic rings. The predicted octanol–water partition coefficient (Wildman–Crippen LogP) is 1.28. The van der Waals surface area contributed by atoms with Crippen molar-refractivity contribution in [3.63, 3.8) is 0 Å². The largest absolute Gasteiger partial charge is 0.493 e. The van der Waals surface area contributed by atoms with Crippen LogP contribution in [0.5, 0.6) is 11.5 Å². The van der Waals surface area contributed by atoms with Gasteiger partial charge < -0.3 is 20.1 Å². The molecule has 0 bridgehead atoms. The monoisotopic (exact) mass is 385 g/mol. The van der Waals surface area contributed by atoms with E-state index in [0.29, 0.717) is 43.0 Å². The summed E-state index contributed by atoms with van der Waals surface area (Å²) in [6, 6.07) is 4.66. The molecule has 0 radical (unpaired) electrons. The van der Waals surface area contributed by atoms with E-state index in [-0.39, 0.29) is 25.0 Å².